The molecule has 0 aromatic heterocycles. The van der Waals surface area contributed by atoms with Gasteiger partial charge in [0.25, 0.3) is 0 Å². The van der Waals surface area contributed by atoms with Crippen LogP contribution < -0.4 is 0 Å². The van der Waals surface area contributed by atoms with E-state index in [1.165, 1.54) is 77.0 Å². The van der Waals surface area contributed by atoms with Crippen LogP contribution in [-0.4, -0.2) is 5.97 Å². The Bertz CT molecular complexity index is 294. The number of cyclic esters (lactones) is 1. The van der Waals surface area contributed by atoms with Crippen LogP contribution in [0.1, 0.15) is 103 Å². The first-order valence-electron chi connectivity index (χ1n) is 9.22. The third kappa shape index (κ3) is 10.6. The van der Waals surface area contributed by atoms with E-state index in [2.05, 4.69) is 6.92 Å². The molecule has 2 heteroatoms. The lowest BCUT2D eigenvalue weighted by Gasteiger charge is -2.04. The molecule has 0 atom stereocenters. The van der Waals surface area contributed by atoms with Gasteiger partial charge >= 0.3 is 5.97 Å². The second kappa shape index (κ2) is 12.9. The molecule has 0 bridgehead atoms. The molecule has 0 N–H and O–H groups in total. The fourth-order valence-electron chi connectivity index (χ4n) is 2.90. The summed E-state index contributed by atoms with van der Waals surface area (Å²) < 4.78 is 5.09. The number of allylic oxidation sites excluding steroid dienone is 1. The predicted molar refractivity (Wildman–Crippen MR) is 89.1 cm³/mol. The van der Waals surface area contributed by atoms with E-state index >= 15 is 0 Å². The molecule has 1 rings (SSSR count). The first-order chi connectivity index (χ1) is 10.3. The van der Waals surface area contributed by atoms with Gasteiger partial charge in [0.2, 0.25) is 0 Å². The molecule has 0 saturated heterocycles. The third-order valence-corrected chi connectivity index (χ3v) is 4.27. The topological polar surface area (TPSA) is 26.3 Å². The van der Waals surface area contributed by atoms with Crippen molar-refractivity contribution >= 4 is 5.97 Å². The highest BCUT2D eigenvalue weighted by Crippen LogP contribution is 2.18. The maximum atomic E-state index is 10.9. The van der Waals surface area contributed by atoms with Gasteiger partial charge in [-0.3, -0.25) is 4.79 Å². The zero-order valence-corrected chi connectivity index (χ0v) is 14.0. The number of hydrogen-bond acceptors (Lipinski definition) is 2. The average molecular weight is 294 g/mol. The van der Waals surface area contributed by atoms with Gasteiger partial charge in [0.05, 0.1) is 6.42 Å². The van der Waals surface area contributed by atoms with Crippen LogP contribution in [0.5, 0.6) is 0 Å². The minimum atomic E-state index is -0.0836. The fourth-order valence-corrected chi connectivity index (χ4v) is 2.90. The average Bonchev–Trinajstić information content (AvgIpc) is 2.89. The molecule has 2 nitrogen and oxygen atoms in total. The lowest BCUT2D eigenvalue weighted by molar-refractivity contribution is -0.136. The lowest BCUT2D eigenvalue weighted by atomic mass is 10.0. The summed E-state index contributed by atoms with van der Waals surface area (Å²) >= 11 is 0. The van der Waals surface area contributed by atoms with E-state index in [-0.39, 0.29) is 5.97 Å². The summed E-state index contributed by atoms with van der Waals surface area (Å²) in [6.07, 6.45) is 21.2. The molecule has 0 fully saturated rings. The van der Waals surface area contributed by atoms with Crippen LogP contribution in [0.25, 0.3) is 0 Å². The Balaban J connectivity index is 1.72. The number of esters is 1. The van der Waals surface area contributed by atoms with Crippen molar-refractivity contribution in [2.45, 2.75) is 103 Å². The van der Waals surface area contributed by atoms with E-state index in [0.717, 1.165) is 18.6 Å². The van der Waals surface area contributed by atoms with Crippen molar-refractivity contribution in [1.29, 1.82) is 0 Å². The van der Waals surface area contributed by atoms with Gasteiger partial charge in [-0.05, 0) is 12.5 Å². The van der Waals surface area contributed by atoms with Gasteiger partial charge in [0, 0.05) is 6.42 Å². The van der Waals surface area contributed by atoms with Crippen molar-refractivity contribution < 1.29 is 9.53 Å². The molecule has 122 valence electrons. The first kappa shape index (κ1) is 18.3. The van der Waals surface area contributed by atoms with Crippen molar-refractivity contribution in [1.82, 2.24) is 0 Å². The number of carbonyl (C=O) groups excluding carboxylic acids is 1. The van der Waals surface area contributed by atoms with Gasteiger partial charge in [-0.15, -0.1) is 0 Å². The highest BCUT2D eigenvalue weighted by molar-refractivity contribution is 5.75. The van der Waals surface area contributed by atoms with Gasteiger partial charge in [-0.1, -0.05) is 84.0 Å². The van der Waals surface area contributed by atoms with Gasteiger partial charge in [-0.2, -0.15) is 0 Å². The second-order valence-electron chi connectivity index (χ2n) is 6.34. The molecule has 0 radical (unpaired) electrons. The third-order valence-electron chi connectivity index (χ3n) is 4.27. The molecule has 0 aliphatic carbocycles. The quantitative estimate of drug-likeness (QED) is 0.277. The van der Waals surface area contributed by atoms with Crippen molar-refractivity contribution in [2.75, 3.05) is 0 Å². The molecule has 0 amide bonds. The van der Waals surface area contributed by atoms with Crippen LogP contribution in [0, 0.1) is 0 Å². The number of carbonyl (C=O) groups is 1. The highest BCUT2D eigenvalue weighted by Gasteiger charge is 2.12. The van der Waals surface area contributed by atoms with Crippen LogP contribution in [0.4, 0.5) is 0 Å². The van der Waals surface area contributed by atoms with Crippen LogP contribution in [0.15, 0.2) is 11.8 Å². The van der Waals surface area contributed by atoms with Crippen molar-refractivity contribution in [3.63, 3.8) is 0 Å². The maximum Gasteiger partial charge on any atom is 0.314 e. The van der Waals surface area contributed by atoms with E-state index in [0.29, 0.717) is 6.42 Å². The predicted octanol–water partition coefficient (Wildman–Crippen LogP) is 6.30. The van der Waals surface area contributed by atoms with E-state index in [1.807, 2.05) is 6.08 Å². The second-order valence-corrected chi connectivity index (χ2v) is 6.34. The number of hydrogen-bond donors (Lipinski definition) is 0. The summed E-state index contributed by atoms with van der Waals surface area (Å²) in [7, 11) is 0. The molecule has 0 aromatic carbocycles. The molecule has 0 unspecified atom stereocenters. The highest BCUT2D eigenvalue weighted by atomic mass is 16.5. The van der Waals surface area contributed by atoms with E-state index in [9.17, 15) is 4.79 Å². The van der Waals surface area contributed by atoms with Gasteiger partial charge < -0.3 is 4.74 Å². The summed E-state index contributed by atoms with van der Waals surface area (Å²) in [5, 5.41) is 0. The summed E-state index contributed by atoms with van der Waals surface area (Å²) in [5.41, 5.74) is 0. The Morgan fingerprint density at radius 3 is 1.71 bits per heavy atom. The van der Waals surface area contributed by atoms with E-state index in [4.69, 9.17) is 4.74 Å². The largest absolute Gasteiger partial charge is 0.431 e. The van der Waals surface area contributed by atoms with Gasteiger partial charge in [0.15, 0.2) is 0 Å². The summed E-state index contributed by atoms with van der Waals surface area (Å²) in [4.78, 5) is 10.9. The van der Waals surface area contributed by atoms with Crippen LogP contribution in [-0.2, 0) is 9.53 Å². The number of unbranched alkanes of at least 4 members (excludes halogenated alkanes) is 12. The molecular formula is C19H34O2. The standard InChI is InChI=1S/C19H34O2/c1-2-3-4-5-6-7-8-9-10-11-12-13-14-15-18-16-17-19(20)21-18/h16H,2-15,17H2,1H3. The van der Waals surface area contributed by atoms with Crippen LogP contribution >= 0.6 is 0 Å². The normalized spacial score (nSPS) is 14.3. The number of ether oxygens (including phenoxy) is 1. The van der Waals surface area contributed by atoms with Crippen LogP contribution in [0.3, 0.4) is 0 Å². The number of rotatable bonds is 14. The van der Waals surface area contributed by atoms with Crippen LogP contribution in [0.2, 0.25) is 0 Å². The molecule has 1 aliphatic rings. The molecule has 0 aromatic rings. The van der Waals surface area contributed by atoms with Crippen molar-refractivity contribution in [2.24, 2.45) is 0 Å². The smallest absolute Gasteiger partial charge is 0.314 e. The maximum absolute atomic E-state index is 10.9. The van der Waals surface area contributed by atoms with E-state index in [1.54, 1.807) is 0 Å². The Morgan fingerprint density at radius 2 is 1.29 bits per heavy atom. The zero-order valence-electron chi connectivity index (χ0n) is 14.0. The monoisotopic (exact) mass is 294 g/mol. The Labute approximate surface area is 131 Å². The fraction of sp³-hybridized carbons (Fsp3) is 0.842. The zero-order chi connectivity index (χ0) is 15.2. The van der Waals surface area contributed by atoms with Crippen molar-refractivity contribution in [3.8, 4) is 0 Å². The molecular weight excluding hydrogens is 260 g/mol. The summed E-state index contributed by atoms with van der Waals surface area (Å²) in [6, 6.07) is 0. The Morgan fingerprint density at radius 1 is 0.810 bits per heavy atom. The Hall–Kier alpha value is -0.790. The summed E-state index contributed by atoms with van der Waals surface area (Å²) in [6.45, 7) is 2.28. The molecule has 1 aliphatic heterocycles. The minimum Gasteiger partial charge on any atom is -0.431 e. The summed E-state index contributed by atoms with van der Waals surface area (Å²) in [5.74, 6) is 0.822. The van der Waals surface area contributed by atoms with Crippen molar-refractivity contribution in [3.05, 3.63) is 11.8 Å². The molecule has 1 heterocycles. The molecule has 0 saturated carbocycles. The molecule has 0 spiro atoms. The van der Waals surface area contributed by atoms with E-state index < -0.39 is 0 Å². The minimum absolute atomic E-state index is 0.0836. The Kier molecular flexibility index (Phi) is 11.2. The SMILES string of the molecule is CCCCCCCCCCCCCCCC1=CCC(=O)O1. The molecule has 21 heavy (non-hydrogen) atoms. The lowest BCUT2D eigenvalue weighted by Crippen LogP contribution is -1.93. The van der Waals surface area contributed by atoms with Gasteiger partial charge in [-0.25, -0.2) is 0 Å². The first-order valence-corrected chi connectivity index (χ1v) is 9.22. The van der Waals surface area contributed by atoms with Gasteiger partial charge in [0.1, 0.15) is 5.76 Å².